The van der Waals surface area contributed by atoms with E-state index in [1.807, 2.05) is 6.92 Å². The van der Waals surface area contributed by atoms with Crippen LogP contribution in [-0.2, 0) is 9.84 Å². The number of nitrogens with zero attached hydrogens (tertiary/aromatic N) is 1. The van der Waals surface area contributed by atoms with Crippen molar-refractivity contribution < 1.29 is 13.3 Å². The Hall–Kier alpha value is -2.12. The number of nitro benzene ring substituents is 1. The largest absolute Gasteiger partial charge is 0.269 e. The number of non-ortho nitro benzene ring substituents is 1. The van der Waals surface area contributed by atoms with E-state index >= 15 is 0 Å². The van der Waals surface area contributed by atoms with Gasteiger partial charge in [-0.1, -0.05) is 29.5 Å². The SMILES string of the molecule is Cc1ccc(S(=O)(=O)/C=C/Sc2ccc([N+](=O)[O-])cc2)cc1. The molecule has 22 heavy (non-hydrogen) atoms. The molecular weight excluding hydrogens is 322 g/mol. The average molecular weight is 335 g/mol. The van der Waals surface area contributed by atoms with Gasteiger partial charge in [-0.05, 0) is 36.6 Å². The third-order valence-corrected chi connectivity index (χ3v) is 5.25. The van der Waals surface area contributed by atoms with E-state index in [2.05, 4.69) is 0 Å². The zero-order valence-electron chi connectivity index (χ0n) is 11.7. The molecule has 0 aromatic heterocycles. The molecule has 2 rings (SSSR count). The van der Waals surface area contributed by atoms with Gasteiger partial charge < -0.3 is 0 Å². The molecule has 0 radical (unpaired) electrons. The Kier molecular flexibility index (Phi) is 4.99. The lowest BCUT2D eigenvalue weighted by Crippen LogP contribution is -1.95. The maximum absolute atomic E-state index is 12.1. The predicted octanol–water partition coefficient (Wildman–Crippen LogP) is 3.94. The van der Waals surface area contributed by atoms with Crippen molar-refractivity contribution in [1.82, 2.24) is 0 Å². The van der Waals surface area contributed by atoms with Gasteiger partial charge in [0.2, 0.25) is 0 Å². The molecule has 0 fully saturated rings. The minimum atomic E-state index is -3.48. The van der Waals surface area contributed by atoms with Gasteiger partial charge in [0.25, 0.3) is 5.69 Å². The fourth-order valence-corrected chi connectivity index (χ4v) is 3.56. The van der Waals surface area contributed by atoms with Crippen LogP contribution >= 0.6 is 11.8 Å². The minimum Gasteiger partial charge on any atom is -0.258 e. The molecule has 2 aromatic rings. The van der Waals surface area contributed by atoms with Gasteiger partial charge >= 0.3 is 0 Å². The number of thioether (sulfide) groups is 1. The molecule has 0 atom stereocenters. The van der Waals surface area contributed by atoms with Crippen molar-refractivity contribution in [2.75, 3.05) is 0 Å². The third kappa shape index (κ3) is 4.19. The van der Waals surface area contributed by atoms with E-state index in [1.165, 1.54) is 29.3 Å². The van der Waals surface area contributed by atoms with Crippen LogP contribution in [-0.4, -0.2) is 13.3 Å². The summed E-state index contributed by atoms with van der Waals surface area (Å²) >= 11 is 1.18. The van der Waals surface area contributed by atoms with E-state index in [-0.39, 0.29) is 10.6 Å². The molecule has 7 heteroatoms. The first-order chi connectivity index (χ1) is 10.4. The van der Waals surface area contributed by atoms with Crippen molar-refractivity contribution in [3.05, 3.63) is 75.0 Å². The normalized spacial score (nSPS) is 11.7. The molecule has 0 heterocycles. The summed E-state index contributed by atoms with van der Waals surface area (Å²) < 4.78 is 24.2. The second-order valence-corrected chi connectivity index (χ2v) is 7.31. The number of rotatable bonds is 5. The molecule has 0 unspecified atom stereocenters. The topological polar surface area (TPSA) is 77.3 Å². The molecule has 0 saturated carbocycles. The second-order valence-electron chi connectivity index (χ2n) is 4.50. The second kappa shape index (κ2) is 6.76. The lowest BCUT2D eigenvalue weighted by Gasteiger charge is -2.00. The highest BCUT2D eigenvalue weighted by Gasteiger charge is 2.09. The lowest BCUT2D eigenvalue weighted by molar-refractivity contribution is -0.384. The highest BCUT2D eigenvalue weighted by molar-refractivity contribution is 8.03. The van der Waals surface area contributed by atoms with Gasteiger partial charge in [0.05, 0.1) is 9.82 Å². The van der Waals surface area contributed by atoms with Gasteiger partial charge in [0, 0.05) is 22.4 Å². The van der Waals surface area contributed by atoms with Crippen LogP contribution in [0.25, 0.3) is 0 Å². The summed E-state index contributed by atoms with van der Waals surface area (Å²) in [6.45, 7) is 1.89. The smallest absolute Gasteiger partial charge is 0.258 e. The Bertz CT molecular complexity index is 794. The van der Waals surface area contributed by atoms with Gasteiger partial charge in [0.15, 0.2) is 9.84 Å². The number of hydrogen-bond donors (Lipinski definition) is 0. The summed E-state index contributed by atoms with van der Waals surface area (Å²) in [6, 6.07) is 12.5. The lowest BCUT2D eigenvalue weighted by atomic mass is 10.2. The molecule has 0 bridgehead atoms. The molecule has 0 aliphatic heterocycles. The van der Waals surface area contributed by atoms with Gasteiger partial charge in [-0.3, -0.25) is 10.1 Å². The van der Waals surface area contributed by atoms with E-state index in [4.69, 9.17) is 0 Å². The van der Waals surface area contributed by atoms with Gasteiger partial charge in [-0.2, -0.15) is 0 Å². The van der Waals surface area contributed by atoms with Gasteiger partial charge in [0.1, 0.15) is 0 Å². The minimum absolute atomic E-state index is 0.000562. The van der Waals surface area contributed by atoms with Crippen LogP contribution in [0.5, 0.6) is 0 Å². The van der Waals surface area contributed by atoms with Crippen molar-refractivity contribution in [2.24, 2.45) is 0 Å². The van der Waals surface area contributed by atoms with Crippen LogP contribution in [0.3, 0.4) is 0 Å². The summed E-state index contributed by atoms with van der Waals surface area (Å²) in [6.07, 6.45) is 0. The van der Waals surface area contributed by atoms with E-state index in [9.17, 15) is 18.5 Å². The predicted molar refractivity (Wildman–Crippen MR) is 86.5 cm³/mol. The zero-order valence-corrected chi connectivity index (χ0v) is 13.3. The fraction of sp³-hybridized carbons (Fsp3) is 0.0667. The van der Waals surface area contributed by atoms with Crippen LogP contribution < -0.4 is 0 Å². The highest BCUT2D eigenvalue weighted by Crippen LogP contribution is 2.23. The van der Waals surface area contributed by atoms with E-state index in [0.29, 0.717) is 0 Å². The number of aryl methyl sites for hydroxylation is 1. The van der Waals surface area contributed by atoms with Crippen LogP contribution in [0, 0.1) is 17.0 Å². The Labute approximate surface area is 132 Å². The average Bonchev–Trinajstić information content (AvgIpc) is 2.48. The summed E-state index contributed by atoms with van der Waals surface area (Å²) in [5.41, 5.74) is 0.990. The van der Waals surface area contributed by atoms with Crippen molar-refractivity contribution in [3.8, 4) is 0 Å². The molecule has 0 N–H and O–H groups in total. The fourth-order valence-electron chi connectivity index (χ4n) is 1.63. The first-order valence-electron chi connectivity index (χ1n) is 6.28. The molecule has 5 nitrogen and oxygen atoms in total. The molecule has 0 aliphatic carbocycles. The van der Waals surface area contributed by atoms with Crippen molar-refractivity contribution in [3.63, 3.8) is 0 Å². The number of hydrogen-bond acceptors (Lipinski definition) is 5. The molecule has 0 spiro atoms. The van der Waals surface area contributed by atoms with Crippen LogP contribution in [0.15, 0.2) is 69.1 Å². The van der Waals surface area contributed by atoms with E-state index < -0.39 is 14.8 Å². The Morgan fingerprint density at radius 1 is 1.05 bits per heavy atom. The van der Waals surface area contributed by atoms with Crippen LogP contribution in [0.1, 0.15) is 5.56 Å². The molecule has 114 valence electrons. The first kappa shape index (κ1) is 16.3. The molecule has 2 aromatic carbocycles. The number of benzene rings is 2. The van der Waals surface area contributed by atoms with Crippen molar-refractivity contribution >= 4 is 27.3 Å². The molecule has 0 aliphatic rings. The summed E-state index contributed by atoms with van der Waals surface area (Å²) in [5.74, 6) is 0. The molecular formula is C15H13NO4S2. The van der Waals surface area contributed by atoms with Gasteiger partial charge in [-0.25, -0.2) is 8.42 Å². The van der Waals surface area contributed by atoms with Crippen LogP contribution in [0.4, 0.5) is 5.69 Å². The standard InChI is InChI=1S/C15H13NO4S2/c1-12-2-8-15(9-3-12)22(19,20)11-10-21-14-6-4-13(5-7-14)16(17)18/h2-11H,1H3/b11-10+. The quantitative estimate of drug-likeness (QED) is 0.470. The summed E-state index contributed by atoms with van der Waals surface area (Å²) in [5, 5.41) is 13.1. The number of nitro groups is 1. The zero-order chi connectivity index (χ0) is 16.2. The number of sulfone groups is 1. The highest BCUT2D eigenvalue weighted by atomic mass is 32.2. The van der Waals surface area contributed by atoms with E-state index in [0.717, 1.165) is 15.9 Å². The molecule has 0 amide bonds. The van der Waals surface area contributed by atoms with Crippen molar-refractivity contribution in [2.45, 2.75) is 16.7 Å². The Balaban J connectivity index is 2.08. The van der Waals surface area contributed by atoms with E-state index in [1.54, 1.807) is 36.4 Å². The summed E-state index contributed by atoms with van der Waals surface area (Å²) in [7, 11) is -3.48. The summed E-state index contributed by atoms with van der Waals surface area (Å²) in [4.78, 5) is 11.0. The Morgan fingerprint density at radius 3 is 2.18 bits per heavy atom. The van der Waals surface area contributed by atoms with Gasteiger partial charge in [-0.15, -0.1) is 0 Å². The maximum Gasteiger partial charge on any atom is 0.269 e. The van der Waals surface area contributed by atoms with Crippen molar-refractivity contribution in [1.29, 1.82) is 0 Å². The first-order valence-corrected chi connectivity index (χ1v) is 8.70. The third-order valence-electron chi connectivity index (χ3n) is 2.84. The molecule has 0 saturated heterocycles. The maximum atomic E-state index is 12.1. The monoisotopic (exact) mass is 335 g/mol. The van der Waals surface area contributed by atoms with Crippen LogP contribution in [0.2, 0.25) is 0 Å². The Morgan fingerprint density at radius 2 is 1.64 bits per heavy atom.